The molecule has 1 aliphatic rings. The number of nitrogens with zero attached hydrogens (tertiary/aromatic N) is 3. The van der Waals surface area contributed by atoms with Crippen molar-refractivity contribution < 1.29 is 14.5 Å². The third-order valence-corrected chi connectivity index (χ3v) is 4.94. The number of rotatable bonds is 5. The Bertz CT molecular complexity index is 1010. The Morgan fingerprint density at radius 2 is 2.18 bits per heavy atom. The van der Waals surface area contributed by atoms with Gasteiger partial charge in [-0.25, -0.2) is 4.98 Å². The van der Waals surface area contributed by atoms with Crippen LogP contribution >= 0.6 is 0 Å². The fourth-order valence-corrected chi connectivity index (χ4v) is 3.66. The second-order valence-corrected chi connectivity index (χ2v) is 6.67. The molecule has 0 bridgehead atoms. The minimum atomic E-state index is -0.525. The zero-order chi connectivity index (χ0) is 19.7. The van der Waals surface area contributed by atoms with Gasteiger partial charge in [0.1, 0.15) is 5.82 Å². The van der Waals surface area contributed by atoms with Crippen molar-refractivity contribution in [2.45, 2.75) is 25.8 Å². The van der Waals surface area contributed by atoms with Crippen LogP contribution in [-0.4, -0.2) is 38.8 Å². The van der Waals surface area contributed by atoms with E-state index in [1.807, 2.05) is 24.3 Å². The minimum absolute atomic E-state index is 0.166. The number of aromatic nitrogens is 2. The molecule has 0 spiro atoms. The van der Waals surface area contributed by atoms with E-state index >= 15 is 0 Å². The molecule has 1 amide bonds. The molecular weight excluding hydrogens is 360 g/mol. The number of imidazole rings is 1. The Balaban J connectivity index is 1.65. The fourth-order valence-electron chi connectivity index (χ4n) is 3.66. The first-order valence-electron chi connectivity index (χ1n) is 9.25. The third kappa shape index (κ3) is 3.17. The molecule has 0 saturated carbocycles. The van der Waals surface area contributed by atoms with Gasteiger partial charge >= 0.3 is 5.69 Å². The summed E-state index contributed by atoms with van der Waals surface area (Å²) in [6, 6.07) is 11.9. The van der Waals surface area contributed by atoms with Crippen molar-refractivity contribution in [3.8, 4) is 5.75 Å². The number of H-pyrrole nitrogens is 1. The van der Waals surface area contributed by atoms with Crippen molar-refractivity contribution in [3.05, 3.63) is 64.0 Å². The monoisotopic (exact) mass is 380 g/mol. The van der Waals surface area contributed by atoms with Gasteiger partial charge in [-0.05, 0) is 44.0 Å². The first-order valence-corrected chi connectivity index (χ1v) is 9.25. The van der Waals surface area contributed by atoms with Gasteiger partial charge in [-0.2, -0.15) is 0 Å². The summed E-state index contributed by atoms with van der Waals surface area (Å²) in [5, 5.41) is 11.4. The van der Waals surface area contributed by atoms with Gasteiger partial charge in [0.05, 0.1) is 28.6 Å². The number of amides is 1. The zero-order valence-electron chi connectivity index (χ0n) is 15.4. The van der Waals surface area contributed by atoms with E-state index < -0.39 is 4.92 Å². The fraction of sp³-hybridized carbons (Fsp3) is 0.300. The summed E-state index contributed by atoms with van der Waals surface area (Å²) in [6.07, 6.45) is 1.65. The van der Waals surface area contributed by atoms with Gasteiger partial charge in [0.2, 0.25) is 0 Å². The first-order chi connectivity index (χ1) is 13.6. The number of hydrogen-bond acceptors (Lipinski definition) is 5. The SMILES string of the molecule is CCOc1ccc(C(=O)N2CCC[C@@H]2c2nc3ccccc3[nH]2)cc1[N+](=O)[O-]. The van der Waals surface area contributed by atoms with Crippen LogP contribution in [0.3, 0.4) is 0 Å². The Morgan fingerprint density at radius 1 is 1.36 bits per heavy atom. The van der Waals surface area contributed by atoms with E-state index in [0.29, 0.717) is 13.2 Å². The van der Waals surface area contributed by atoms with Crippen molar-refractivity contribution in [2.75, 3.05) is 13.2 Å². The number of carbonyl (C=O) groups excluding carboxylic acids is 1. The van der Waals surface area contributed by atoms with Crippen LogP contribution in [0.5, 0.6) is 5.75 Å². The quantitative estimate of drug-likeness (QED) is 0.535. The molecular formula is C20H20N4O4. The van der Waals surface area contributed by atoms with Crippen molar-refractivity contribution >= 4 is 22.6 Å². The molecule has 1 atom stereocenters. The lowest BCUT2D eigenvalue weighted by molar-refractivity contribution is -0.385. The standard InChI is InChI=1S/C20H20N4O4/c1-2-28-18-10-9-13(12-17(18)24(26)27)20(25)23-11-5-8-16(23)19-21-14-6-3-4-7-15(14)22-19/h3-4,6-7,9-10,12,16H,2,5,8,11H2,1H3,(H,21,22)/t16-/m1/s1. The number of nitrogens with one attached hydrogen (secondary N) is 1. The average molecular weight is 380 g/mol. The van der Waals surface area contributed by atoms with Crippen LogP contribution in [0.1, 0.15) is 42.0 Å². The summed E-state index contributed by atoms with van der Waals surface area (Å²) >= 11 is 0. The number of hydrogen-bond donors (Lipinski definition) is 1. The van der Waals surface area contributed by atoms with Crippen LogP contribution in [0.2, 0.25) is 0 Å². The maximum Gasteiger partial charge on any atom is 0.311 e. The molecule has 1 N–H and O–H groups in total. The van der Waals surface area contributed by atoms with Crippen LogP contribution < -0.4 is 4.74 Å². The molecule has 0 radical (unpaired) electrons. The highest BCUT2D eigenvalue weighted by molar-refractivity contribution is 5.95. The summed E-state index contributed by atoms with van der Waals surface area (Å²) in [5.41, 5.74) is 1.85. The summed E-state index contributed by atoms with van der Waals surface area (Å²) in [7, 11) is 0. The highest BCUT2D eigenvalue weighted by atomic mass is 16.6. The second kappa shape index (κ2) is 7.30. The molecule has 2 heterocycles. The lowest BCUT2D eigenvalue weighted by Gasteiger charge is -2.23. The average Bonchev–Trinajstić information content (AvgIpc) is 3.34. The maximum absolute atomic E-state index is 13.1. The number of aromatic amines is 1. The van der Waals surface area contributed by atoms with Gasteiger partial charge in [0.25, 0.3) is 5.91 Å². The predicted octanol–water partition coefficient (Wildman–Crippen LogP) is 3.85. The lowest BCUT2D eigenvalue weighted by atomic mass is 10.1. The van der Waals surface area contributed by atoms with Crippen LogP contribution in [0.15, 0.2) is 42.5 Å². The lowest BCUT2D eigenvalue weighted by Crippen LogP contribution is -2.31. The minimum Gasteiger partial charge on any atom is -0.487 e. The molecule has 144 valence electrons. The van der Waals surface area contributed by atoms with E-state index in [4.69, 9.17) is 4.74 Å². The summed E-state index contributed by atoms with van der Waals surface area (Å²) < 4.78 is 5.30. The first kappa shape index (κ1) is 18.0. The highest BCUT2D eigenvalue weighted by Crippen LogP contribution is 2.34. The van der Waals surface area contributed by atoms with Crippen LogP contribution in [-0.2, 0) is 0 Å². The molecule has 1 aliphatic heterocycles. The zero-order valence-corrected chi connectivity index (χ0v) is 15.4. The molecule has 1 aromatic heterocycles. The Labute approximate surface area is 161 Å². The van der Waals surface area contributed by atoms with Gasteiger partial charge in [-0.3, -0.25) is 14.9 Å². The number of nitro groups is 1. The number of likely N-dealkylation sites (tertiary alicyclic amines) is 1. The van der Waals surface area contributed by atoms with Crippen molar-refractivity contribution in [1.29, 1.82) is 0 Å². The largest absolute Gasteiger partial charge is 0.487 e. The van der Waals surface area contributed by atoms with E-state index in [-0.39, 0.29) is 28.9 Å². The number of fused-ring (bicyclic) bond motifs is 1. The topological polar surface area (TPSA) is 101 Å². The third-order valence-electron chi connectivity index (χ3n) is 4.94. The summed E-state index contributed by atoms with van der Waals surface area (Å²) in [5.74, 6) is 0.667. The maximum atomic E-state index is 13.1. The van der Waals surface area contributed by atoms with Gasteiger partial charge < -0.3 is 14.6 Å². The molecule has 8 nitrogen and oxygen atoms in total. The van der Waals surface area contributed by atoms with E-state index in [2.05, 4.69) is 9.97 Å². The predicted molar refractivity (Wildman–Crippen MR) is 103 cm³/mol. The molecule has 0 aliphatic carbocycles. The summed E-state index contributed by atoms with van der Waals surface area (Å²) in [6.45, 7) is 2.65. The molecule has 28 heavy (non-hydrogen) atoms. The number of ether oxygens (including phenoxy) is 1. The number of nitro benzene ring substituents is 1. The molecule has 4 rings (SSSR count). The smallest absolute Gasteiger partial charge is 0.311 e. The van der Waals surface area contributed by atoms with E-state index in [0.717, 1.165) is 29.7 Å². The van der Waals surface area contributed by atoms with Gasteiger partial charge in [0, 0.05) is 18.2 Å². The Morgan fingerprint density at radius 3 is 2.93 bits per heavy atom. The van der Waals surface area contributed by atoms with Crippen LogP contribution in [0.25, 0.3) is 11.0 Å². The van der Waals surface area contributed by atoms with Crippen molar-refractivity contribution in [3.63, 3.8) is 0 Å². The Hall–Kier alpha value is -3.42. The van der Waals surface area contributed by atoms with Gasteiger partial charge in [0.15, 0.2) is 5.75 Å². The second-order valence-electron chi connectivity index (χ2n) is 6.67. The highest BCUT2D eigenvalue weighted by Gasteiger charge is 2.33. The van der Waals surface area contributed by atoms with Crippen molar-refractivity contribution in [1.82, 2.24) is 14.9 Å². The summed E-state index contributed by atoms with van der Waals surface area (Å²) in [4.78, 5) is 33.6. The molecule has 8 heteroatoms. The van der Waals surface area contributed by atoms with Crippen molar-refractivity contribution in [2.24, 2.45) is 0 Å². The van der Waals surface area contributed by atoms with E-state index in [9.17, 15) is 14.9 Å². The van der Waals surface area contributed by atoms with Crippen LogP contribution in [0.4, 0.5) is 5.69 Å². The van der Waals surface area contributed by atoms with E-state index in [1.54, 1.807) is 17.9 Å². The number of benzene rings is 2. The van der Waals surface area contributed by atoms with Crippen LogP contribution in [0, 0.1) is 10.1 Å². The van der Waals surface area contributed by atoms with E-state index in [1.165, 1.54) is 12.1 Å². The normalized spacial score (nSPS) is 16.5. The molecule has 1 saturated heterocycles. The Kier molecular flexibility index (Phi) is 4.68. The van der Waals surface area contributed by atoms with Gasteiger partial charge in [-0.1, -0.05) is 12.1 Å². The molecule has 1 fully saturated rings. The molecule has 3 aromatic rings. The van der Waals surface area contributed by atoms with Gasteiger partial charge in [-0.15, -0.1) is 0 Å². The molecule has 2 aromatic carbocycles. The number of para-hydroxylation sites is 2. The molecule has 0 unspecified atom stereocenters. The number of carbonyl (C=O) groups is 1.